The van der Waals surface area contributed by atoms with Crippen LogP contribution in [-0.2, 0) is 0 Å². The molecule has 0 saturated heterocycles. The Hall–Kier alpha value is -1.85. The summed E-state index contributed by atoms with van der Waals surface area (Å²) in [6.07, 6.45) is 5.27. The van der Waals surface area contributed by atoms with Crippen molar-refractivity contribution in [2.24, 2.45) is 5.73 Å². The van der Waals surface area contributed by atoms with Gasteiger partial charge >= 0.3 is 0 Å². The van der Waals surface area contributed by atoms with Gasteiger partial charge in [-0.2, -0.15) is 0 Å². The lowest BCUT2D eigenvalue weighted by atomic mass is 10.2. The number of amides is 1. The van der Waals surface area contributed by atoms with E-state index in [0.717, 1.165) is 5.69 Å². The fourth-order valence-electron chi connectivity index (χ4n) is 1.48. The van der Waals surface area contributed by atoms with Crippen LogP contribution in [0.4, 0.5) is 0 Å². The second-order valence-corrected chi connectivity index (χ2v) is 3.56. The Morgan fingerprint density at radius 1 is 1.33 bits per heavy atom. The van der Waals surface area contributed by atoms with Gasteiger partial charge in [0.2, 0.25) is 0 Å². The van der Waals surface area contributed by atoms with Crippen molar-refractivity contribution in [3.8, 4) is 5.69 Å². The van der Waals surface area contributed by atoms with Crippen molar-refractivity contribution in [1.29, 1.82) is 0 Å². The summed E-state index contributed by atoms with van der Waals surface area (Å²) >= 11 is 0. The zero-order chi connectivity index (χ0) is 12.1. The Morgan fingerprint density at radius 3 is 2.61 bits per heavy atom. The van der Waals surface area contributed by atoms with Gasteiger partial charge in [-0.05, 0) is 24.3 Å². The first-order valence-electron chi connectivity index (χ1n) is 5.38. The van der Waals surface area contributed by atoms with Crippen LogP contribution in [0.25, 0.3) is 5.69 Å². The molecule has 0 saturated carbocycles. The Morgan fingerprint density at radius 2 is 2.06 bits per heavy atom. The molecule has 3 N–H and O–H groups in total. The number of nitrogens with one attached hydrogen (secondary N) is 1. The highest BCUT2D eigenvalue weighted by atomic mass is 35.5. The Bertz CT molecular complexity index is 481. The number of aromatic nitrogens is 2. The number of benzene rings is 1. The van der Waals surface area contributed by atoms with Crippen molar-refractivity contribution >= 4 is 18.3 Å². The molecule has 0 radical (unpaired) electrons. The molecular formula is C12H15ClN4O. The molecule has 0 unspecified atom stereocenters. The number of hydrogen-bond donors (Lipinski definition) is 2. The summed E-state index contributed by atoms with van der Waals surface area (Å²) in [5, 5.41) is 2.72. The number of hydrogen-bond acceptors (Lipinski definition) is 3. The maximum Gasteiger partial charge on any atom is 0.251 e. The summed E-state index contributed by atoms with van der Waals surface area (Å²) in [6.45, 7) is 0.932. The van der Waals surface area contributed by atoms with Gasteiger partial charge in [0.25, 0.3) is 5.91 Å². The lowest BCUT2D eigenvalue weighted by molar-refractivity contribution is 0.0955. The minimum absolute atomic E-state index is 0. The van der Waals surface area contributed by atoms with E-state index in [1.807, 2.05) is 22.9 Å². The monoisotopic (exact) mass is 266 g/mol. The molecule has 0 spiro atoms. The van der Waals surface area contributed by atoms with E-state index >= 15 is 0 Å². The van der Waals surface area contributed by atoms with Gasteiger partial charge in [0.15, 0.2) is 0 Å². The van der Waals surface area contributed by atoms with Crippen LogP contribution in [0.5, 0.6) is 0 Å². The molecule has 0 aliphatic carbocycles. The van der Waals surface area contributed by atoms with Crippen molar-refractivity contribution in [3.63, 3.8) is 0 Å². The molecular weight excluding hydrogens is 252 g/mol. The molecule has 6 heteroatoms. The molecule has 96 valence electrons. The van der Waals surface area contributed by atoms with E-state index in [4.69, 9.17) is 5.73 Å². The molecule has 18 heavy (non-hydrogen) atoms. The normalized spacial score (nSPS) is 9.61. The molecule has 0 bridgehead atoms. The highest BCUT2D eigenvalue weighted by molar-refractivity contribution is 5.94. The molecule has 1 amide bonds. The van der Waals surface area contributed by atoms with E-state index in [1.165, 1.54) is 0 Å². The molecule has 0 aliphatic rings. The third-order valence-corrected chi connectivity index (χ3v) is 2.36. The molecule has 0 atom stereocenters. The third kappa shape index (κ3) is 3.32. The lowest BCUT2D eigenvalue weighted by Gasteiger charge is -2.05. The van der Waals surface area contributed by atoms with Crippen LogP contribution >= 0.6 is 12.4 Å². The van der Waals surface area contributed by atoms with Crippen molar-refractivity contribution in [1.82, 2.24) is 14.9 Å². The van der Waals surface area contributed by atoms with Gasteiger partial charge in [-0.25, -0.2) is 4.98 Å². The predicted molar refractivity (Wildman–Crippen MR) is 72.2 cm³/mol. The summed E-state index contributed by atoms with van der Waals surface area (Å²) in [4.78, 5) is 15.6. The van der Waals surface area contributed by atoms with Crippen LogP contribution in [-0.4, -0.2) is 28.5 Å². The maximum absolute atomic E-state index is 11.6. The van der Waals surface area contributed by atoms with Crippen LogP contribution < -0.4 is 11.1 Å². The number of rotatable bonds is 4. The molecule has 2 aromatic rings. The van der Waals surface area contributed by atoms with E-state index in [-0.39, 0.29) is 18.3 Å². The molecule has 0 aliphatic heterocycles. The Labute approximate surface area is 111 Å². The molecule has 1 aromatic carbocycles. The van der Waals surface area contributed by atoms with Crippen molar-refractivity contribution in [2.45, 2.75) is 0 Å². The minimum Gasteiger partial charge on any atom is -0.351 e. The van der Waals surface area contributed by atoms with Gasteiger partial charge in [0, 0.05) is 36.7 Å². The van der Waals surface area contributed by atoms with Gasteiger partial charge < -0.3 is 15.6 Å². The van der Waals surface area contributed by atoms with E-state index in [1.54, 1.807) is 24.7 Å². The minimum atomic E-state index is -0.104. The largest absolute Gasteiger partial charge is 0.351 e. The summed E-state index contributed by atoms with van der Waals surface area (Å²) in [5.74, 6) is -0.104. The first kappa shape index (κ1) is 14.2. The summed E-state index contributed by atoms with van der Waals surface area (Å²) in [5.41, 5.74) is 6.92. The smallest absolute Gasteiger partial charge is 0.251 e. The fraction of sp³-hybridized carbons (Fsp3) is 0.167. The molecule has 1 aromatic heterocycles. The van der Waals surface area contributed by atoms with Crippen LogP contribution in [0.15, 0.2) is 43.0 Å². The molecule has 1 heterocycles. The van der Waals surface area contributed by atoms with Gasteiger partial charge in [0.05, 0.1) is 6.33 Å². The number of nitrogens with two attached hydrogens (primary N) is 1. The van der Waals surface area contributed by atoms with E-state index in [2.05, 4.69) is 10.3 Å². The highest BCUT2D eigenvalue weighted by Gasteiger charge is 2.04. The first-order valence-corrected chi connectivity index (χ1v) is 5.38. The second-order valence-electron chi connectivity index (χ2n) is 3.56. The number of nitrogens with zero attached hydrogens (tertiary/aromatic N) is 2. The van der Waals surface area contributed by atoms with E-state index in [9.17, 15) is 4.79 Å². The summed E-state index contributed by atoms with van der Waals surface area (Å²) < 4.78 is 1.88. The third-order valence-electron chi connectivity index (χ3n) is 2.36. The number of carbonyl (C=O) groups excluding carboxylic acids is 1. The second kappa shape index (κ2) is 6.78. The Balaban J connectivity index is 0.00000162. The SMILES string of the molecule is Cl.NCCNC(=O)c1ccc(-n2ccnc2)cc1. The molecule has 2 rings (SSSR count). The van der Waals surface area contributed by atoms with Gasteiger partial charge in [-0.3, -0.25) is 4.79 Å². The van der Waals surface area contributed by atoms with Gasteiger partial charge in [0.1, 0.15) is 0 Å². The number of halogens is 1. The summed E-state index contributed by atoms with van der Waals surface area (Å²) in [6, 6.07) is 7.31. The first-order chi connectivity index (χ1) is 8.31. The van der Waals surface area contributed by atoms with Crippen LogP contribution in [0.1, 0.15) is 10.4 Å². The number of carbonyl (C=O) groups is 1. The maximum atomic E-state index is 11.6. The van der Waals surface area contributed by atoms with Crippen molar-refractivity contribution in [3.05, 3.63) is 48.5 Å². The zero-order valence-corrected chi connectivity index (χ0v) is 10.6. The average Bonchev–Trinajstić information content (AvgIpc) is 2.90. The van der Waals surface area contributed by atoms with Crippen LogP contribution in [0.3, 0.4) is 0 Å². The molecule has 5 nitrogen and oxygen atoms in total. The number of imidazole rings is 1. The van der Waals surface area contributed by atoms with Crippen molar-refractivity contribution in [2.75, 3.05) is 13.1 Å². The van der Waals surface area contributed by atoms with E-state index in [0.29, 0.717) is 18.7 Å². The van der Waals surface area contributed by atoms with E-state index < -0.39 is 0 Å². The Kier molecular flexibility index (Phi) is 5.35. The zero-order valence-electron chi connectivity index (χ0n) is 9.74. The van der Waals surface area contributed by atoms with Crippen molar-refractivity contribution < 1.29 is 4.79 Å². The van der Waals surface area contributed by atoms with Gasteiger partial charge in [-0.1, -0.05) is 0 Å². The van der Waals surface area contributed by atoms with Gasteiger partial charge in [-0.15, -0.1) is 12.4 Å². The lowest BCUT2D eigenvalue weighted by Crippen LogP contribution is -2.28. The quantitative estimate of drug-likeness (QED) is 0.867. The summed E-state index contributed by atoms with van der Waals surface area (Å²) in [7, 11) is 0. The van der Waals surface area contributed by atoms with Crippen LogP contribution in [0, 0.1) is 0 Å². The van der Waals surface area contributed by atoms with Crippen LogP contribution in [0.2, 0.25) is 0 Å². The predicted octanol–water partition coefficient (Wildman–Crippen LogP) is 0.983. The topological polar surface area (TPSA) is 72.9 Å². The fourth-order valence-corrected chi connectivity index (χ4v) is 1.48. The standard InChI is InChI=1S/C12H14N4O.ClH/c13-5-6-15-12(17)10-1-3-11(4-2-10)16-8-7-14-9-16;/h1-4,7-9H,5-6,13H2,(H,15,17);1H. The highest BCUT2D eigenvalue weighted by Crippen LogP contribution is 2.09. The average molecular weight is 267 g/mol. The molecule has 0 fully saturated rings.